The topological polar surface area (TPSA) is 35.9 Å². The number of amidine groups is 1. The Morgan fingerprint density at radius 3 is 3.06 bits per heavy atom. The zero-order valence-electron chi connectivity index (χ0n) is 9.47. The van der Waals surface area contributed by atoms with Gasteiger partial charge in [-0.15, -0.1) is 6.58 Å². The van der Waals surface area contributed by atoms with Gasteiger partial charge < -0.3 is 0 Å². The van der Waals surface area contributed by atoms with E-state index in [1.165, 1.54) is 0 Å². The minimum atomic E-state index is -0.000139. The van der Waals surface area contributed by atoms with Crippen LogP contribution in [0, 0.1) is 0 Å². The number of anilines is 1. The first-order valence-corrected chi connectivity index (χ1v) is 5.66. The highest BCUT2D eigenvalue weighted by molar-refractivity contribution is 6.19. The molecular weight excluding hydrogens is 214 g/mol. The van der Waals surface area contributed by atoms with Gasteiger partial charge in [0.05, 0.1) is 12.2 Å². The standard InChI is InChI=1S/C13H13N3O/c1-2-8-15-11-6-4-3-5-10(11)12-14-7-9-16(12)13(15)17/h2-6H,1,7-9H2. The Kier molecular flexibility index (Phi) is 2.21. The van der Waals surface area contributed by atoms with Crippen molar-refractivity contribution in [3.8, 4) is 0 Å². The van der Waals surface area contributed by atoms with Crippen molar-refractivity contribution in [2.75, 3.05) is 24.5 Å². The Hall–Kier alpha value is -2.10. The van der Waals surface area contributed by atoms with E-state index in [0.29, 0.717) is 19.6 Å². The molecule has 0 N–H and O–H groups in total. The average Bonchev–Trinajstić information content (AvgIpc) is 2.84. The Morgan fingerprint density at radius 1 is 1.41 bits per heavy atom. The monoisotopic (exact) mass is 227 g/mol. The smallest absolute Gasteiger partial charge is 0.289 e. The molecule has 0 fully saturated rings. The molecule has 4 nitrogen and oxygen atoms in total. The maximum absolute atomic E-state index is 12.3. The molecule has 17 heavy (non-hydrogen) atoms. The SMILES string of the molecule is C=CCN1C(=O)N2CCN=C2c2ccccc21. The summed E-state index contributed by atoms with van der Waals surface area (Å²) < 4.78 is 0. The fourth-order valence-electron chi connectivity index (χ4n) is 2.32. The summed E-state index contributed by atoms with van der Waals surface area (Å²) in [5, 5.41) is 0. The number of para-hydroxylation sites is 1. The summed E-state index contributed by atoms with van der Waals surface area (Å²) in [7, 11) is 0. The third-order valence-electron chi connectivity index (χ3n) is 3.05. The summed E-state index contributed by atoms with van der Waals surface area (Å²) in [4.78, 5) is 20.2. The van der Waals surface area contributed by atoms with E-state index in [1.807, 2.05) is 24.3 Å². The lowest BCUT2D eigenvalue weighted by Crippen LogP contribution is -2.49. The number of fused-ring (bicyclic) bond motifs is 3. The molecule has 2 heterocycles. The van der Waals surface area contributed by atoms with E-state index < -0.39 is 0 Å². The van der Waals surface area contributed by atoms with Gasteiger partial charge in [-0.1, -0.05) is 18.2 Å². The maximum atomic E-state index is 12.3. The predicted octanol–water partition coefficient (Wildman–Crippen LogP) is 1.87. The first kappa shape index (κ1) is 10.1. The van der Waals surface area contributed by atoms with Crippen molar-refractivity contribution in [1.82, 2.24) is 4.90 Å². The first-order chi connectivity index (χ1) is 8.33. The number of carbonyl (C=O) groups excluding carboxylic acids is 1. The molecule has 2 amide bonds. The second kappa shape index (κ2) is 3.73. The number of nitrogens with zero attached hydrogens (tertiary/aromatic N) is 3. The first-order valence-electron chi connectivity index (χ1n) is 5.66. The van der Waals surface area contributed by atoms with Gasteiger partial charge >= 0.3 is 6.03 Å². The van der Waals surface area contributed by atoms with Crippen LogP contribution < -0.4 is 4.90 Å². The Labute approximate surface area is 99.9 Å². The minimum absolute atomic E-state index is 0.000139. The van der Waals surface area contributed by atoms with Crippen molar-refractivity contribution >= 4 is 17.6 Å². The van der Waals surface area contributed by atoms with Crippen LogP contribution in [0.5, 0.6) is 0 Å². The molecule has 0 radical (unpaired) electrons. The number of urea groups is 1. The predicted molar refractivity (Wildman–Crippen MR) is 67.5 cm³/mol. The second-order valence-electron chi connectivity index (χ2n) is 4.06. The minimum Gasteiger partial charge on any atom is -0.289 e. The summed E-state index contributed by atoms with van der Waals surface area (Å²) >= 11 is 0. The van der Waals surface area contributed by atoms with E-state index in [2.05, 4.69) is 11.6 Å². The summed E-state index contributed by atoms with van der Waals surface area (Å²) in [6.07, 6.45) is 1.74. The van der Waals surface area contributed by atoms with Crippen molar-refractivity contribution in [1.29, 1.82) is 0 Å². The Morgan fingerprint density at radius 2 is 2.24 bits per heavy atom. The van der Waals surface area contributed by atoms with Gasteiger partial charge in [-0.3, -0.25) is 14.8 Å². The molecule has 4 heteroatoms. The van der Waals surface area contributed by atoms with E-state index >= 15 is 0 Å². The van der Waals surface area contributed by atoms with E-state index in [1.54, 1.807) is 15.9 Å². The fraction of sp³-hybridized carbons (Fsp3) is 0.231. The molecule has 0 aliphatic carbocycles. The number of carbonyl (C=O) groups is 1. The normalized spacial score (nSPS) is 17.6. The van der Waals surface area contributed by atoms with Crippen LogP contribution in [0.15, 0.2) is 41.9 Å². The molecule has 0 spiro atoms. The lowest BCUT2D eigenvalue weighted by Gasteiger charge is -2.34. The molecule has 0 bridgehead atoms. The van der Waals surface area contributed by atoms with Crippen LogP contribution in [-0.4, -0.2) is 36.4 Å². The second-order valence-corrected chi connectivity index (χ2v) is 4.06. The number of hydrogen-bond acceptors (Lipinski definition) is 2. The molecule has 2 aliphatic heterocycles. The van der Waals surface area contributed by atoms with Crippen molar-refractivity contribution in [3.05, 3.63) is 42.5 Å². The van der Waals surface area contributed by atoms with Gasteiger partial charge in [-0.2, -0.15) is 0 Å². The molecule has 2 aliphatic rings. The van der Waals surface area contributed by atoms with E-state index in [-0.39, 0.29) is 6.03 Å². The molecule has 0 aromatic heterocycles. The quantitative estimate of drug-likeness (QED) is 0.710. The maximum Gasteiger partial charge on any atom is 0.330 e. The van der Waals surface area contributed by atoms with Crippen molar-refractivity contribution in [3.63, 3.8) is 0 Å². The van der Waals surface area contributed by atoms with Crippen LogP contribution in [0.3, 0.4) is 0 Å². The third kappa shape index (κ3) is 1.37. The van der Waals surface area contributed by atoms with Crippen LogP contribution in [-0.2, 0) is 0 Å². The van der Waals surface area contributed by atoms with Crippen molar-refractivity contribution in [2.24, 2.45) is 4.99 Å². The van der Waals surface area contributed by atoms with E-state index in [9.17, 15) is 4.79 Å². The highest BCUT2D eigenvalue weighted by Gasteiger charge is 2.36. The lowest BCUT2D eigenvalue weighted by molar-refractivity contribution is 0.229. The Bertz CT molecular complexity index is 521. The van der Waals surface area contributed by atoms with E-state index in [0.717, 1.165) is 17.1 Å². The highest BCUT2D eigenvalue weighted by Crippen LogP contribution is 2.30. The molecule has 0 saturated carbocycles. The Balaban J connectivity index is 2.16. The van der Waals surface area contributed by atoms with Gasteiger partial charge in [0.25, 0.3) is 0 Å². The average molecular weight is 227 g/mol. The van der Waals surface area contributed by atoms with E-state index in [4.69, 9.17) is 0 Å². The van der Waals surface area contributed by atoms with Crippen LogP contribution in [0.2, 0.25) is 0 Å². The molecular formula is C13H13N3O. The molecule has 0 atom stereocenters. The van der Waals surface area contributed by atoms with Gasteiger partial charge in [0, 0.05) is 18.7 Å². The highest BCUT2D eigenvalue weighted by atomic mass is 16.2. The third-order valence-corrected chi connectivity index (χ3v) is 3.05. The molecule has 3 rings (SSSR count). The largest absolute Gasteiger partial charge is 0.330 e. The summed E-state index contributed by atoms with van der Waals surface area (Å²) in [5.41, 5.74) is 1.96. The summed E-state index contributed by atoms with van der Waals surface area (Å²) in [6.45, 7) is 5.60. The summed E-state index contributed by atoms with van der Waals surface area (Å²) in [5.74, 6) is 0.811. The number of hydrogen-bond donors (Lipinski definition) is 0. The van der Waals surface area contributed by atoms with Crippen LogP contribution >= 0.6 is 0 Å². The zero-order chi connectivity index (χ0) is 11.8. The molecule has 0 unspecified atom stereocenters. The fourth-order valence-corrected chi connectivity index (χ4v) is 2.32. The molecule has 1 aromatic carbocycles. The zero-order valence-corrected chi connectivity index (χ0v) is 9.47. The van der Waals surface area contributed by atoms with Crippen LogP contribution in [0.25, 0.3) is 0 Å². The summed E-state index contributed by atoms with van der Waals surface area (Å²) in [6, 6.07) is 7.87. The van der Waals surface area contributed by atoms with Crippen LogP contribution in [0.4, 0.5) is 10.5 Å². The molecule has 0 saturated heterocycles. The lowest BCUT2D eigenvalue weighted by atomic mass is 10.1. The number of amides is 2. The van der Waals surface area contributed by atoms with Gasteiger partial charge in [-0.25, -0.2) is 4.79 Å². The molecule has 1 aromatic rings. The van der Waals surface area contributed by atoms with Crippen molar-refractivity contribution < 1.29 is 4.79 Å². The number of aliphatic imine (C=N–C) groups is 1. The van der Waals surface area contributed by atoms with Crippen molar-refractivity contribution in [2.45, 2.75) is 0 Å². The van der Waals surface area contributed by atoms with Gasteiger partial charge in [0.15, 0.2) is 0 Å². The number of benzene rings is 1. The molecule has 86 valence electrons. The van der Waals surface area contributed by atoms with Gasteiger partial charge in [0.1, 0.15) is 5.84 Å². The van der Waals surface area contributed by atoms with Gasteiger partial charge in [0.2, 0.25) is 0 Å². The number of rotatable bonds is 2. The van der Waals surface area contributed by atoms with Crippen LogP contribution in [0.1, 0.15) is 5.56 Å². The van der Waals surface area contributed by atoms with Gasteiger partial charge in [-0.05, 0) is 12.1 Å².